The average Bonchev–Trinajstić information content (AvgIpc) is 3.65. The Morgan fingerprint density at radius 3 is 1.03 bits per heavy atom. The second-order valence-corrected chi connectivity index (χ2v) is 27.6. The maximum Gasteiger partial charge on any atom is 0.200 e. The van der Waals surface area contributed by atoms with E-state index in [1.54, 1.807) is 0 Å². The van der Waals surface area contributed by atoms with Crippen LogP contribution in [0.5, 0.6) is 0 Å². The zero-order chi connectivity index (χ0) is 27.6. The van der Waals surface area contributed by atoms with Crippen molar-refractivity contribution in [2.24, 2.45) is 47.3 Å². The Morgan fingerprint density at radius 1 is 0.474 bits per heavy atom. The van der Waals surface area contributed by atoms with E-state index in [0.29, 0.717) is 45.5 Å². The summed E-state index contributed by atoms with van der Waals surface area (Å²) in [7, 11) is -3.72. The SMILES string of the molecule is CC(C)[Si](O[C@H]1[C@@H]2C[C@H]3C[C@@H]2/C(=C2/[C@H]4[C@@H]5C[C@H]([C@@H]4O[Si](C(C)C)(C(C)C)C(C)C)[C@H]2C5)[C@H]31)(C(C)C)C(C)C. The third kappa shape index (κ3) is 3.41. The monoisotopic (exact) mass is 556 g/mol. The molecular weight excluding hydrogens is 497 g/mol. The molecule has 0 N–H and O–H groups in total. The van der Waals surface area contributed by atoms with Gasteiger partial charge in [-0.1, -0.05) is 94.2 Å². The fraction of sp³-hybridized carbons (Fsp3) is 0.941. The van der Waals surface area contributed by atoms with Crippen LogP contribution in [-0.4, -0.2) is 28.8 Å². The van der Waals surface area contributed by atoms with Gasteiger partial charge < -0.3 is 8.85 Å². The topological polar surface area (TPSA) is 18.5 Å². The molecule has 8 bridgehead atoms. The first-order valence-electron chi connectivity index (χ1n) is 16.9. The van der Waals surface area contributed by atoms with E-state index < -0.39 is 16.6 Å². The van der Waals surface area contributed by atoms with Crippen molar-refractivity contribution in [2.75, 3.05) is 0 Å². The zero-order valence-corrected chi connectivity index (χ0v) is 28.9. The minimum absolute atomic E-state index is 0.534. The van der Waals surface area contributed by atoms with Crippen LogP contribution in [0.2, 0.25) is 33.2 Å². The molecule has 0 unspecified atom stereocenters. The van der Waals surface area contributed by atoms with E-state index in [0.717, 1.165) is 47.3 Å². The average molecular weight is 557 g/mol. The van der Waals surface area contributed by atoms with Gasteiger partial charge in [-0.3, -0.25) is 0 Å². The molecule has 8 rings (SSSR count). The molecular formula is C34H60O2Si2. The fourth-order valence-electron chi connectivity index (χ4n) is 13.1. The maximum absolute atomic E-state index is 7.67. The second-order valence-electron chi connectivity index (χ2n) is 16.8. The molecule has 216 valence electrons. The minimum atomic E-state index is -1.86. The molecule has 38 heavy (non-hydrogen) atoms. The lowest BCUT2D eigenvalue weighted by Gasteiger charge is -2.45. The summed E-state index contributed by atoms with van der Waals surface area (Å²) in [4.78, 5) is 0. The Morgan fingerprint density at radius 2 is 0.763 bits per heavy atom. The smallest absolute Gasteiger partial charge is 0.200 e. The van der Waals surface area contributed by atoms with Gasteiger partial charge in [0.1, 0.15) is 0 Å². The molecule has 8 aliphatic carbocycles. The van der Waals surface area contributed by atoms with Crippen LogP contribution in [0.1, 0.15) is 109 Å². The normalized spacial score (nSPS) is 43.1. The molecule has 8 aliphatic rings. The molecule has 0 aromatic heterocycles. The zero-order valence-electron chi connectivity index (χ0n) is 26.9. The molecule has 0 aromatic rings. The van der Waals surface area contributed by atoms with Crippen molar-refractivity contribution in [3.05, 3.63) is 11.1 Å². The summed E-state index contributed by atoms with van der Waals surface area (Å²) in [6.45, 7) is 29.7. The molecule has 8 saturated carbocycles. The van der Waals surface area contributed by atoms with E-state index in [-0.39, 0.29) is 0 Å². The summed E-state index contributed by atoms with van der Waals surface area (Å²) in [6, 6.07) is 0. The van der Waals surface area contributed by atoms with Gasteiger partial charge in [0.15, 0.2) is 0 Å². The van der Waals surface area contributed by atoms with Gasteiger partial charge in [-0.15, -0.1) is 0 Å². The molecule has 0 spiro atoms. The molecule has 0 aliphatic heterocycles. The lowest BCUT2D eigenvalue weighted by Crippen LogP contribution is -2.51. The molecule has 0 saturated heterocycles. The largest absolute Gasteiger partial charge is 0.412 e. The third-order valence-electron chi connectivity index (χ3n) is 13.8. The first-order valence-corrected chi connectivity index (χ1v) is 21.2. The second kappa shape index (κ2) is 9.30. The summed E-state index contributed by atoms with van der Waals surface area (Å²) in [5, 5.41) is 0. The van der Waals surface area contributed by atoms with Crippen molar-refractivity contribution >= 4 is 16.6 Å². The van der Waals surface area contributed by atoms with E-state index >= 15 is 0 Å². The van der Waals surface area contributed by atoms with E-state index in [2.05, 4.69) is 83.1 Å². The van der Waals surface area contributed by atoms with Crippen LogP contribution >= 0.6 is 0 Å². The number of hydrogen-bond acceptors (Lipinski definition) is 2. The van der Waals surface area contributed by atoms with Crippen molar-refractivity contribution in [3.8, 4) is 0 Å². The molecule has 4 heteroatoms. The van der Waals surface area contributed by atoms with E-state index in [1.807, 2.05) is 11.1 Å². The third-order valence-corrected chi connectivity index (χ3v) is 26.0. The van der Waals surface area contributed by atoms with Crippen molar-refractivity contribution in [3.63, 3.8) is 0 Å². The van der Waals surface area contributed by atoms with E-state index in [9.17, 15) is 0 Å². The molecule has 2 nitrogen and oxygen atoms in total. The summed E-state index contributed by atoms with van der Waals surface area (Å²) in [6.07, 6.45) is 6.95. The van der Waals surface area contributed by atoms with Crippen molar-refractivity contribution in [2.45, 2.75) is 154 Å². The number of rotatable bonds is 10. The van der Waals surface area contributed by atoms with Gasteiger partial charge >= 0.3 is 0 Å². The van der Waals surface area contributed by atoms with E-state index in [4.69, 9.17) is 8.85 Å². The van der Waals surface area contributed by atoms with Crippen molar-refractivity contribution in [1.82, 2.24) is 0 Å². The Bertz CT molecular complexity index is 844. The van der Waals surface area contributed by atoms with Gasteiger partial charge in [0, 0.05) is 11.8 Å². The van der Waals surface area contributed by atoms with E-state index in [1.165, 1.54) is 25.7 Å². The predicted molar refractivity (Wildman–Crippen MR) is 165 cm³/mol. The summed E-state index contributed by atoms with van der Waals surface area (Å²) in [5.74, 6) is 6.70. The van der Waals surface area contributed by atoms with Crippen LogP contribution in [0.4, 0.5) is 0 Å². The lowest BCUT2D eigenvalue weighted by molar-refractivity contribution is 0.106. The van der Waals surface area contributed by atoms with Crippen LogP contribution in [0.3, 0.4) is 0 Å². The Labute approximate surface area is 237 Å². The Balaban J connectivity index is 1.34. The van der Waals surface area contributed by atoms with Crippen LogP contribution in [0, 0.1) is 47.3 Å². The fourth-order valence-corrected chi connectivity index (χ4v) is 24.3. The number of hydrogen-bond donors (Lipinski definition) is 0. The quantitative estimate of drug-likeness (QED) is 0.197. The molecule has 8 fully saturated rings. The van der Waals surface area contributed by atoms with Gasteiger partial charge in [0.25, 0.3) is 0 Å². The standard InChI is InChI=1S/C34H60O2Si2/c1-17(2)37(18(3)4,19(5)6)35-33-27-15-23-13-25(27)31(29(23)33)32-26-14-24-16-28(26)34(30(24)32)36-38(20(7)8,21(9)10)22(11)12/h17-30,33-34H,13-16H2,1-12H3/b32-31-/t23-,24+,25+,26-,27-,28+,29+,30-,33-,34-/m0/s1. The van der Waals surface area contributed by atoms with Gasteiger partial charge in [-0.2, -0.15) is 0 Å². The van der Waals surface area contributed by atoms with Gasteiger partial charge in [-0.25, -0.2) is 0 Å². The highest BCUT2D eigenvalue weighted by Gasteiger charge is 2.71. The van der Waals surface area contributed by atoms with Crippen LogP contribution in [-0.2, 0) is 8.85 Å². The minimum Gasteiger partial charge on any atom is -0.412 e. The summed E-state index contributed by atoms with van der Waals surface area (Å²) >= 11 is 0. The molecule has 0 aromatic carbocycles. The maximum atomic E-state index is 7.67. The van der Waals surface area contributed by atoms with Gasteiger partial charge in [0.2, 0.25) is 16.6 Å². The van der Waals surface area contributed by atoms with Crippen molar-refractivity contribution < 1.29 is 8.85 Å². The highest BCUT2D eigenvalue weighted by molar-refractivity contribution is 6.78. The summed E-state index contributed by atoms with van der Waals surface area (Å²) < 4.78 is 15.3. The highest BCUT2D eigenvalue weighted by atomic mass is 28.4. The predicted octanol–water partition coefficient (Wildman–Crippen LogP) is 9.98. The first-order chi connectivity index (χ1) is 17.8. The molecule has 0 radical (unpaired) electrons. The Hall–Kier alpha value is 0.0938. The molecule has 0 amide bonds. The molecule has 0 heterocycles. The van der Waals surface area contributed by atoms with Crippen LogP contribution in [0.15, 0.2) is 11.1 Å². The lowest BCUT2D eigenvalue weighted by atomic mass is 9.83. The first kappa shape index (κ1) is 28.2. The van der Waals surface area contributed by atoms with Gasteiger partial charge in [-0.05, 0) is 94.4 Å². The summed E-state index contributed by atoms with van der Waals surface area (Å²) in [5.41, 5.74) is 8.07. The highest BCUT2D eigenvalue weighted by Crippen LogP contribution is 2.75. The Kier molecular flexibility index (Phi) is 6.91. The van der Waals surface area contributed by atoms with Crippen LogP contribution < -0.4 is 0 Å². The van der Waals surface area contributed by atoms with Crippen LogP contribution in [0.25, 0.3) is 0 Å². The van der Waals surface area contributed by atoms with Gasteiger partial charge in [0.05, 0.1) is 12.2 Å². The van der Waals surface area contributed by atoms with Crippen molar-refractivity contribution in [1.29, 1.82) is 0 Å². The molecule has 10 atom stereocenters.